The van der Waals surface area contributed by atoms with Gasteiger partial charge in [-0.3, -0.25) is 4.99 Å². The second kappa shape index (κ2) is 10.4. The standard InChI is InChI=1S/C19H29Cl2N3O2/c1-4-22-18(24-14(2)12-25-3)23-13-19(7-9-26-10-8-19)16-6-5-15(20)11-17(16)21/h5-6,11,14H,4,7-10,12-13H2,1-3H3,(H2,22,23,24). The highest BCUT2D eigenvalue weighted by atomic mass is 35.5. The van der Waals surface area contributed by atoms with E-state index in [0.29, 0.717) is 36.4 Å². The van der Waals surface area contributed by atoms with Gasteiger partial charge in [0, 0.05) is 48.4 Å². The summed E-state index contributed by atoms with van der Waals surface area (Å²) in [6, 6.07) is 5.90. The van der Waals surface area contributed by atoms with E-state index in [9.17, 15) is 0 Å². The van der Waals surface area contributed by atoms with Crippen molar-refractivity contribution in [1.82, 2.24) is 10.6 Å². The molecule has 2 N–H and O–H groups in total. The molecule has 0 saturated carbocycles. The molecule has 1 heterocycles. The van der Waals surface area contributed by atoms with Crippen LogP contribution in [0.25, 0.3) is 0 Å². The highest BCUT2D eigenvalue weighted by Gasteiger charge is 2.36. The van der Waals surface area contributed by atoms with E-state index in [-0.39, 0.29) is 11.5 Å². The Morgan fingerprint density at radius 1 is 1.35 bits per heavy atom. The van der Waals surface area contributed by atoms with Crippen molar-refractivity contribution < 1.29 is 9.47 Å². The number of aliphatic imine (C=N–C) groups is 1. The molecule has 5 nitrogen and oxygen atoms in total. The van der Waals surface area contributed by atoms with Crippen molar-refractivity contribution in [2.24, 2.45) is 4.99 Å². The number of rotatable bonds is 7. The first kappa shape index (κ1) is 21.3. The maximum atomic E-state index is 6.53. The Kier molecular flexibility index (Phi) is 8.48. The molecule has 7 heteroatoms. The van der Waals surface area contributed by atoms with Crippen LogP contribution in [0.15, 0.2) is 23.2 Å². The smallest absolute Gasteiger partial charge is 0.191 e. The molecule has 26 heavy (non-hydrogen) atoms. The van der Waals surface area contributed by atoms with Crippen LogP contribution in [-0.4, -0.2) is 52.0 Å². The summed E-state index contributed by atoms with van der Waals surface area (Å²) in [7, 11) is 1.70. The van der Waals surface area contributed by atoms with Crippen LogP contribution in [-0.2, 0) is 14.9 Å². The van der Waals surface area contributed by atoms with Gasteiger partial charge in [-0.2, -0.15) is 0 Å². The summed E-state index contributed by atoms with van der Waals surface area (Å²) in [5.74, 6) is 0.785. The predicted molar refractivity (Wildman–Crippen MR) is 109 cm³/mol. The molecule has 1 saturated heterocycles. The van der Waals surface area contributed by atoms with Crippen LogP contribution in [0.4, 0.5) is 0 Å². The van der Waals surface area contributed by atoms with Crippen molar-refractivity contribution in [1.29, 1.82) is 0 Å². The Labute approximate surface area is 166 Å². The fourth-order valence-corrected chi connectivity index (χ4v) is 3.88. The van der Waals surface area contributed by atoms with Gasteiger partial charge in [0.15, 0.2) is 5.96 Å². The highest BCUT2D eigenvalue weighted by molar-refractivity contribution is 6.35. The molecule has 0 aliphatic carbocycles. The molecular weight excluding hydrogens is 373 g/mol. The van der Waals surface area contributed by atoms with Gasteiger partial charge in [-0.05, 0) is 44.4 Å². The van der Waals surface area contributed by atoms with Crippen LogP contribution < -0.4 is 10.6 Å². The summed E-state index contributed by atoms with van der Waals surface area (Å²) in [5.41, 5.74) is 0.948. The van der Waals surface area contributed by atoms with E-state index in [4.69, 9.17) is 37.7 Å². The van der Waals surface area contributed by atoms with Gasteiger partial charge in [0.2, 0.25) is 0 Å². The summed E-state index contributed by atoms with van der Waals surface area (Å²) < 4.78 is 10.8. The minimum absolute atomic E-state index is 0.146. The van der Waals surface area contributed by atoms with Crippen molar-refractivity contribution in [2.45, 2.75) is 38.1 Å². The van der Waals surface area contributed by atoms with Crippen molar-refractivity contribution in [3.05, 3.63) is 33.8 Å². The van der Waals surface area contributed by atoms with Gasteiger partial charge in [0.1, 0.15) is 0 Å². The number of benzene rings is 1. The normalized spacial score (nSPS) is 18.4. The summed E-state index contributed by atoms with van der Waals surface area (Å²) in [6.45, 7) is 7.58. The molecule has 0 aromatic heterocycles. The minimum atomic E-state index is -0.146. The SMILES string of the molecule is CCNC(=NCC1(c2ccc(Cl)cc2Cl)CCOCC1)NC(C)COC. The van der Waals surface area contributed by atoms with Crippen molar-refractivity contribution in [3.63, 3.8) is 0 Å². The average Bonchev–Trinajstić information content (AvgIpc) is 2.61. The average molecular weight is 402 g/mol. The van der Waals surface area contributed by atoms with Gasteiger partial charge in [-0.25, -0.2) is 0 Å². The van der Waals surface area contributed by atoms with E-state index in [2.05, 4.69) is 24.5 Å². The van der Waals surface area contributed by atoms with Crippen LogP contribution in [0.3, 0.4) is 0 Å². The highest BCUT2D eigenvalue weighted by Crippen LogP contribution is 2.39. The molecule has 1 aromatic carbocycles. The van der Waals surface area contributed by atoms with Crippen molar-refractivity contribution in [2.75, 3.05) is 40.0 Å². The lowest BCUT2D eigenvalue weighted by Crippen LogP contribution is -2.45. The Morgan fingerprint density at radius 3 is 2.69 bits per heavy atom. The predicted octanol–water partition coefficient (Wildman–Crippen LogP) is 3.63. The zero-order chi connectivity index (χ0) is 19.0. The molecule has 1 unspecified atom stereocenters. The Balaban J connectivity index is 2.25. The lowest BCUT2D eigenvalue weighted by atomic mass is 9.74. The Bertz CT molecular complexity index is 604. The number of hydrogen-bond donors (Lipinski definition) is 2. The summed E-state index contributed by atoms with van der Waals surface area (Å²) in [6.07, 6.45) is 1.76. The maximum absolute atomic E-state index is 6.53. The summed E-state index contributed by atoms with van der Waals surface area (Å²) in [5, 5.41) is 8.02. The van der Waals surface area contributed by atoms with Gasteiger partial charge in [-0.15, -0.1) is 0 Å². The summed E-state index contributed by atoms with van der Waals surface area (Å²) >= 11 is 12.6. The van der Waals surface area contributed by atoms with Gasteiger partial charge < -0.3 is 20.1 Å². The second-order valence-electron chi connectivity index (χ2n) is 6.71. The largest absolute Gasteiger partial charge is 0.383 e. The van der Waals surface area contributed by atoms with E-state index < -0.39 is 0 Å². The van der Waals surface area contributed by atoms with Crippen LogP contribution in [0.2, 0.25) is 10.0 Å². The molecule has 1 atom stereocenters. The van der Waals surface area contributed by atoms with Crippen LogP contribution in [0.5, 0.6) is 0 Å². The fraction of sp³-hybridized carbons (Fsp3) is 0.632. The first-order chi connectivity index (χ1) is 12.5. The third kappa shape index (κ3) is 5.74. The van der Waals surface area contributed by atoms with Crippen molar-refractivity contribution >= 4 is 29.2 Å². The van der Waals surface area contributed by atoms with E-state index in [1.54, 1.807) is 7.11 Å². The van der Waals surface area contributed by atoms with Gasteiger partial charge in [0.05, 0.1) is 13.2 Å². The molecule has 1 fully saturated rings. The molecule has 1 aromatic rings. The molecule has 2 rings (SSSR count). The molecule has 0 radical (unpaired) electrons. The third-order valence-electron chi connectivity index (χ3n) is 4.64. The number of nitrogens with one attached hydrogen (secondary N) is 2. The fourth-order valence-electron chi connectivity index (χ4n) is 3.27. The number of hydrogen-bond acceptors (Lipinski definition) is 3. The van der Waals surface area contributed by atoms with Gasteiger partial charge >= 0.3 is 0 Å². The van der Waals surface area contributed by atoms with Gasteiger partial charge in [0.25, 0.3) is 0 Å². The Hall–Kier alpha value is -1.01. The number of nitrogens with zero attached hydrogens (tertiary/aromatic N) is 1. The Morgan fingerprint density at radius 2 is 2.08 bits per heavy atom. The minimum Gasteiger partial charge on any atom is -0.383 e. The topological polar surface area (TPSA) is 54.9 Å². The van der Waals surface area contributed by atoms with E-state index in [1.807, 2.05) is 18.2 Å². The van der Waals surface area contributed by atoms with E-state index in [1.165, 1.54) is 0 Å². The van der Waals surface area contributed by atoms with Gasteiger partial charge in [-0.1, -0.05) is 29.3 Å². The second-order valence-corrected chi connectivity index (χ2v) is 7.56. The number of guanidine groups is 1. The molecule has 146 valence electrons. The lowest BCUT2D eigenvalue weighted by molar-refractivity contribution is 0.0531. The van der Waals surface area contributed by atoms with Crippen molar-refractivity contribution in [3.8, 4) is 0 Å². The summed E-state index contributed by atoms with van der Waals surface area (Å²) in [4.78, 5) is 4.86. The monoisotopic (exact) mass is 401 g/mol. The van der Waals surface area contributed by atoms with E-state index in [0.717, 1.165) is 30.9 Å². The van der Waals surface area contributed by atoms with Crippen LogP contribution >= 0.6 is 23.2 Å². The first-order valence-electron chi connectivity index (χ1n) is 9.08. The number of halogens is 2. The molecule has 1 aliphatic heterocycles. The maximum Gasteiger partial charge on any atom is 0.191 e. The quantitative estimate of drug-likeness (QED) is 0.540. The molecular formula is C19H29Cl2N3O2. The zero-order valence-electron chi connectivity index (χ0n) is 15.8. The van der Waals surface area contributed by atoms with Crippen LogP contribution in [0.1, 0.15) is 32.3 Å². The molecule has 0 spiro atoms. The number of ether oxygens (including phenoxy) is 2. The third-order valence-corrected chi connectivity index (χ3v) is 5.18. The first-order valence-corrected chi connectivity index (χ1v) is 9.83. The molecule has 0 bridgehead atoms. The molecule has 0 amide bonds. The van der Waals surface area contributed by atoms with E-state index >= 15 is 0 Å². The lowest BCUT2D eigenvalue weighted by Gasteiger charge is -2.37. The zero-order valence-corrected chi connectivity index (χ0v) is 17.3. The van der Waals surface area contributed by atoms with Crippen LogP contribution in [0, 0.1) is 0 Å². The number of methoxy groups -OCH3 is 1. The molecule has 1 aliphatic rings.